The molecule has 4 heteroatoms. The second kappa shape index (κ2) is 4.59. The molecule has 1 unspecified atom stereocenters. The Bertz CT molecular complexity index is 541. The second-order valence-corrected chi connectivity index (χ2v) is 3.85. The fourth-order valence-electron chi connectivity index (χ4n) is 1.65. The highest BCUT2D eigenvalue weighted by Crippen LogP contribution is 2.21. The fourth-order valence-corrected chi connectivity index (χ4v) is 1.65. The Balaban J connectivity index is 2.40. The van der Waals surface area contributed by atoms with Gasteiger partial charge in [-0.15, -0.1) is 0 Å². The van der Waals surface area contributed by atoms with E-state index in [2.05, 4.69) is 4.98 Å². The van der Waals surface area contributed by atoms with Gasteiger partial charge < -0.3 is 5.73 Å². The van der Waals surface area contributed by atoms with Crippen molar-refractivity contribution in [3.05, 3.63) is 65.0 Å². The second-order valence-electron chi connectivity index (χ2n) is 3.85. The number of rotatable bonds is 2. The van der Waals surface area contributed by atoms with E-state index in [0.29, 0.717) is 5.69 Å². The highest BCUT2D eigenvalue weighted by Gasteiger charge is 2.15. The Hall–Kier alpha value is -1.81. The summed E-state index contributed by atoms with van der Waals surface area (Å²) in [6, 6.07) is 8.03. The van der Waals surface area contributed by atoms with Gasteiger partial charge in [-0.2, -0.15) is 0 Å². The van der Waals surface area contributed by atoms with E-state index in [0.717, 1.165) is 11.8 Å². The Labute approximate surface area is 98.1 Å². The van der Waals surface area contributed by atoms with Crippen molar-refractivity contribution in [2.24, 2.45) is 5.73 Å². The minimum absolute atomic E-state index is 0.240. The molecule has 0 radical (unpaired) electrons. The van der Waals surface area contributed by atoms with Crippen LogP contribution in [0.15, 0.2) is 36.4 Å². The molecular weight excluding hydrogens is 222 g/mol. The summed E-state index contributed by atoms with van der Waals surface area (Å²) in [6.07, 6.45) is 0. The number of benzene rings is 1. The number of pyridine rings is 1. The summed E-state index contributed by atoms with van der Waals surface area (Å²) in [5, 5.41) is 0. The van der Waals surface area contributed by atoms with Crippen molar-refractivity contribution < 1.29 is 8.78 Å². The van der Waals surface area contributed by atoms with Crippen LogP contribution in [0.3, 0.4) is 0 Å². The zero-order valence-electron chi connectivity index (χ0n) is 9.32. The molecule has 0 spiro atoms. The lowest BCUT2D eigenvalue weighted by atomic mass is 10.0. The topological polar surface area (TPSA) is 38.9 Å². The third-order valence-electron chi connectivity index (χ3n) is 2.53. The summed E-state index contributed by atoms with van der Waals surface area (Å²) in [5.41, 5.74) is 7.52. The van der Waals surface area contributed by atoms with Crippen LogP contribution < -0.4 is 5.73 Å². The summed E-state index contributed by atoms with van der Waals surface area (Å²) >= 11 is 0. The normalized spacial score (nSPS) is 12.5. The van der Waals surface area contributed by atoms with Gasteiger partial charge in [-0.05, 0) is 25.1 Å². The molecule has 0 aliphatic rings. The van der Waals surface area contributed by atoms with Crippen LogP contribution in [0.2, 0.25) is 0 Å². The van der Waals surface area contributed by atoms with Crippen LogP contribution >= 0.6 is 0 Å². The van der Waals surface area contributed by atoms with Crippen molar-refractivity contribution in [2.45, 2.75) is 13.0 Å². The van der Waals surface area contributed by atoms with E-state index in [1.807, 2.05) is 13.0 Å². The van der Waals surface area contributed by atoms with Gasteiger partial charge in [0.1, 0.15) is 11.6 Å². The Morgan fingerprint density at radius 3 is 2.59 bits per heavy atom. The summed E-state index contributed by atoms with van der Waals surface area (Å²) in [5.74, 6) is -1.27. The molecule has 2 N–H and O–H groups in total. The highest BCUT2D eigenvalue weighted by atomic mass is 19.1. The first kappa shape index (κ1) is 11.7. The Kier molecular flexibility index (Phi) is 3.15. The van der Waals surface area contributed by atoms with Gasteiger partial charge in [0.2, 0.25) is 0 Å². The smallest absolute Gasteiger partial charge is 0.131 e. The number of halogens is 2. The third kappa shape index (κ3) is 2.47. The van der Waals surface area contributed by atoms with Crippen molar-refractivity contribution >= 4 is 0 Å². The van der Waals surface area contributed by atoms with Crippen LogP contribution in [0, 0.1) is 18.6 Å². The molecule has 0 fully saturated rings. The number of aryl methyl sites for hydroxylation is 1. The van der Waals surface area contributed by atoms with Gasteiger partial charge in [0.15, 0.2) is 0 Å². The molecule has 1 heterocycles. The van der Waals surface area contributed by atoms with Crippen LogP contribution in [-0.4, -0.2) is 4.98 Å². The maximum Gasteiger partial charge on any atom is 0.131 e. The van der Waals surface area contributed by atoms with Crippen molar-refractivity contribution in [1.82, 2.24) is 4.98 Å². The number of nitrogens with zero attached hydrogens (tertiary/aromatic N) is 1. The molecule has 1 aromatic carbocycles. The number of hydrogen-bond acceptors (Lipinski definition) is 2. The van der Waals surface area contributed by atoms with Crippen LogP contribution in [0.5, 0.6) is 0 Å². The lowest BCUT2D eigenvalue weighted by molar-refractivity contribution is 0.564. The molecule has 2 aromatic rings. The summed E-state index contributed by atoms with van der Waals surface area (Å²) in [4.78, 5) is 4.23. The van der Waals surface area contributed by atoms with Gasteiger partial charge in [0.25, 0.3) is 0 Å². The highest BCUT2D eigenvalue weighted by molar-refractivity contribution is 5.29. The molecule has 0 amide bonds. The summed E-state index contributed by atoms with van der Waals surface area (Å²) < 4.78 is 26.3. The SMILES string of the molecule is Cc1cccc(C(N)c2ccc(F)cc2F)n1. The molecule has 2 rings (SSSR count). The maximum absolute atomic E-state index is 13.5. The number of aromatic nitrogens is 1. The number of hydrogen-bond donors (Lipinski definition) is 1. The molecule has 1 aromatic heterocycles. The van der Waals surface area contributed by atoms with E-state index in [1.165, 1.54) is 12.1 Å². The van der Waals surface area contributed by atoms with Crippen molar-refractivity contribution in [3.63, 3.8) is 0 Å². The van der Waals surface area contributed by atoms with Crippen LogP contribution in [0.25, 0.3) is 0 Å². The molecule has 0 aliphatic carbocycles. The molecule has 17 heavy (non-hydrogen) atoms. The molecule has 0 saturated carbocycles. The average molecular weight is 234 g/mol. The standard InChI is InChI=1S/C13H12F2N2/c1-8-3-2-4-12(17-8)13(16)10-6-5-9(14)7-11(10)15/h2-7,13H,16H2,1H3. The van der Waals surface area contributed by atoms with Crippen molar-refractivity contribution in [3.8, 4) is 0 Å². The molecule has 0 aliphatic heterocycles. The first-order chi connectivity index (χ1) is 8.08. The predicted molar refractivity (Wildman–Crippen MR) is 61.4 cm³/mol. The molecule has 88 valence electrons. The van der Waals surface area contributed by atoms with Crippen LogP contribution in [-0.2, 0) is 0 Å². The van der Waals surface area contributed by atoms with Gasteiger partial charge in [-0.3, -0.25) is 4.98 Å². The zero-order chi connectivity index (χ0) is 12.4. The van der Waals surface area contributed by atoms with E-state index < -0.39 is 17.7 Å². The van der Waals surface area contributed by atoms with Crippen molar-refractivity contribution in [1.29, 1.82) is 0 Å². The zero-order valence-corrected chi connectivity index (χ0v) is 9.32. The van der Waals surface area contributed by atoms with E-state index in [-0.39, 0.29) is 5.56 Å². The molecular formula is C13H12F2N2. The van der Waals surface area contributed by atoms with E-state index in [4.69, 9.17) is 5.73 Å². The summed E-state index contributed by atoms with van der Waals surface area (Å²) in [7, 11) is 0. The first-order valence-electron chi connectivity index (χ1n) is 5.22. The maximum atomic E-state index is 13.5. The lowest BCUT2D eigenvalue weighted by Gasteiger charge is -2.13. The van der Waals surface area contributed by atoms with Gasteiger partial charge in [0.05, 0.1) is 11.7 Å². The van der Waals surface area contributed by atoms with Gasteiger partial charge in [0, 0.05) is 17.3 Å². The minimum Gasteiger partial charge on any atom is -0.319 e. The van der Waals surface area contributed by atoms with Gasteiger partial charge in [-0.1, -0.05) is 12.1 Å². The predicted octanol–water partition coefficient (Wildman–Crippen LogP) is 2.72. The lowest BCUT2D eigenvalue weighted by Crippen LogP contribution is -2.15. The monoisotopic (exact) mass is 234 g/mol. The van der Waals surface area contributed by atoms with E-state index in [9.17, 15) is 8.78 Å². The average Bonchev–Trinajstić information content (AvgIpc) is 2.28. The molecule has 0 bridgehead atoms. The summed E-state index contributed by atoms with van der Waals surface area (Å²) in [6.45, 7) is 1.83. The molecule has 2 nitrogen and oxygen atoms in total. The molecule has 1 atom stereocenters. The largest absolute Gasteiger partial charge is 0.319 e. The van der Waals surface area contributed by atoms with E-state index in [1.54, 1.807) is 12.1 Å². The fraction of sp³-hybridized carbons (Fsp3) is 0.154. The molecule has 0 saturated heterocycles. The van der Waals surface area contributed by atoms with Gasteiger partial charge >= 0.3 is 0 Å². The Morgan fingerprint density at radius 1 is 1.18 bits per heavy atom. The van der Waals surface area contributed by atoms with Crippen molar-refractivity contribution in [2.75, 3.05) is 0 Å². The first-order valence-corrected chi connectivity index (χ1v) is 5.22. The van der Waals surface area contributed by atoms with E-state index >= 15 is 0 Å². The van der Waals surface area contributed by atoms with Crippen LogP contribution in [0.1, 0.15) is 23.0 Å². The third-order valence-corrected chi connectivity index (χ3v) is 2.53. The minimum atomic E-state index is -0.685. The quantitative estimate of drug-likeness (QED) is 0.867. The van der Waals surface area contributed by atoms with Gasteiger partial charge in [-0.25, -0.2) is 8.78 Å². The number of nitrogens with two attached hydrogens (primary N) is 1. The Morgan fingerprint density at radius 2 is 1.94 bits per heavy atom. The van der Waals surface area contributed by atoms with Crippen LogP contribution in [0.4, 0.5) is 8.78 Å².